The van der Waals surface area contributed by atoms with Crippen molar-refractivity contribution in [1.82, 2.24) is 21.3 Å². The van der Waals surface area contributed by atoms with Crippen LogP contribution in [0.4, 0.5) is 23.6 Å². The van der Waals surface area contributed by atoms with Crippen molar-refractivity contribution in [2.45, 2.75) is 142 Å². The number of carbonyl (C=O) groups excluding carboxylic acids is 8. The van der Waals surface area contributed by atoms with Gasteiger partial charge in [-0.15, -0.1) is 0 Å². The summed E-state index contributed by atoms with van der Waals surface area (Å²) < 4.78 is 63.1. The Morgan fingerprint density at radius 3 is 1.19 bits per heavy atom. The Labute approximate surface area is 735 Å². The zero-order chi connectivity index (χ0) is 76.6. The van der Waals surface area contributed by atoms with Crippen LogP contribution in [0.2, 0.25) is 10.0 Å². The summed E-state index contributed by atoms with van der Waals surface area (Å²) in [7, 11) is -1.00. The molecule has 0 aromatic heterocycles. The largest absolute Gasteiger partial charge is 1.00 e. The smallest absolute Gasteiger partial charge is 1.00 e. The van der Waals surface area contributed by atoms with E-state index in [2.05, 4.69) is 26.2 Å². The SMILES string of the molecule is CC(C)(Oc1ccc(CCNC(=O)c2ccc(Cl)cc2)cc1)C(=O)O.CC(Cl)OC(=O)OC(CNC(=O)OC(C)(C)C)c1ccccc1.CC(OC(=O)OC(CNC(=O)OC(C)(C)C)c1ccccc1)OC(=O)C(C)(C)Oc1ccc(CCNC(=O)c2ccc(Cl)cc2)cc1.O=CO[O-].[2H]CF.[Cs+].[Cs+].[H-]. The maximum Gasteiger partial charge on any atom is 1.00 e. The predicted octanol–water partition coefficient (Wildman–Crippen LogP) is 7.46. The van der Waals surface area contributed by atoms with Gasteiger partial charge < -0.3 is 80.6 Å². The number of nitrogens with one attached hydrogen (secondary N) is 4. The van der Waals surface area contributed by atoms with E-state index in [1.165, 1.54) is 41.5 Å². The first-order valence-corrected chi connectivity index (χ1v) is 32.2. The number of hydrogen-bond acceptors (Lipinski definition) is 20. The average molecular weight is 1740 g/mol. The van der Waals surface area contributed by atoms with Crippen molar-refractivity contribution >= 4 is 89.5 Å². The number of hydrogen-bond donors (Lipinski definition) is 5. The number of carboxylic acids is 1. The number of ether oxygens (including phenoxy) is 9. The van der Waals surface area contributed by atoms with Gasteiger partial charge in [0.1, 0.15) is 34.9 Å². The summed E-state index contributed by atoms with van der Waals surface area (Å²) in [5, 5.41) is 29.5. The molecule has 0 aliphatic rings. The fraction of sp³-hybridized carbons (Fsp3) is 0.375. The Morgan fingerprint density at radius 1 is 0.534 bits per heavy atom. The quantitative estimate of drug-likeness (QED) is 0.00668. The van der Waals surface area contributed by atoms with Crippen molar-refractivity contribution in [1.29, 1.82) is 0 Å². The fourth-order valence-electron chi connectivity index (χ4n) is 7.81. The summed E-state index contributed by atoms with van der Waals surface area (Å²) >= 11 is 17.3. The van der Waals surface area contributed by atoms with E-state index in [-0.39, 0.29) is 171 Å². The second-order valence-corrected chi connectivity index (χ2v) is 25.6. The Bertz CT molecular complexity index is 3550. The van der Waals surface area contributed by atoms with Crippen molar-refractivity contribution < 1.29 is 246 Å². The van der Waals surface area contributed by atoms with E-state index in [1.54, 1.807) is 169 Å². The number of alkyl carbamates (subject to hydrolysis) is 2. The van der Waals surface area contributed by atoms with Crippen molar-refractivity contribution in [3.05, 3.63) is 201 Å². The average Bonchev–Trinajstić information content (AvgIpc) is 0.837. The van der Waals surface area contributed by atoms with Gasteiger partial charge in [0.25, 0.3) is 18.3 Å². The molecule has 5 N–H and O–H groups in total. The molecule has 31 heteroatoms. The number of rotatable bonds is 26. The molecule has 0 spiro atoms. The summed E-state index contributed by atoms with van der Waals surface area (Å²) in [6.45, 7) is 20.1. The molecule has 0 fully saturated rings. The van der Waals surface area contributed by atoms with E-state index in [0.717, 1.165) is 11.1 Å². The summed E-state index contributed by atoms with van der Waals surface area (Å²) in [6.07, 6.45) is -4.97. The van der Waals surface area contributed by atoms with Crippen LogP contribution in [0.3, 0.4) is 0 Å². The number of carbonyl (C=O) groups is 9. The molecule has 4 amide bonds. The minimum Gasteiger partial charge on any atom is -1.00 e. The molecule has 6 aromatic carbocycles. The second-order valence-electron chi connectivity index (χ2n) is 24.1. The third-order valence-electron chi connectivity index (χ3n) is 12.5. The van der Waals surface area contributed by atoms with Crippen molar-refractivity contribution in [3.63, 3.8) is 0 Å². The number of esters is 1. The van der Waals surface area contributed by atoms with Gasteiger partial charge in [0, 0.05) is 41.2 Å². The van der Waals surface area contributed by atoms with E-state index < -0.39 is 90.1 Å². The van der Waals surface area contributed by atoms with Gasteiger partial charge in [0.2, 0.25) is 6.29 Å². The molecule has 0 saturated heterocycles. The Kier molecular flexibility index (Phi) is 46.8. The number of amides is 4. The molecule has 0 heterocycles. The maximum atomic E-state index is 12.9. The molecule has 6 aromatic rings. The van der Waals surface area contributed by atoms with Crippen LogP contribution in [0.5, 0.6) is 11.5 Å². The van der Waals surface area contributed by atoms with Gasteiger partial charge in [-0.1, -0.05) is 120 Å². The molecule has 4 atom stereocenters. The van der Waals surface area contributed by atoms with Crippen LogP contribution >= 0.6 is 34.8 Å². The van der Waals surface area contributed by atoms with Crippen LogP contribution < -0.4 is 174 Å². The Balaban J connectivity index is 0. The molecule has 552 valence electrons. The molecule has 103 heavy (non-hydrogen) atoms. The molecule has 4 unspecified atom stereocenters. The van der Waals surface area contributed by atoms with Crippen molar-refractivity contribution in [2.24, 2.45) is 0 Å². The predicted molar refractivity (Wildman–Crippen MR) is 373 cm³/mol. The second kappa shape index (κ2) is 50.7. The van der Waals surface area contributed by atoms with Gasteiger partial charge in [-0.2, -0.15) is 0 Å². The number of benzene rings is 6. The third-order valence-corrected chi connectivity index (χ3v) is 13.1. The van der Waals surface area contributed by atoms with Gasteiger partial charge in [0.05, 0.1) is 21.6 Å². The van der Waals surface area contributed by atoms with Crippen LogP contribution in [0.25, 0.3) is 0 Å². The molecule has 0 radical (unpaired) electrons. The Hall–Kier alpha value is -5.79. The molecule has 25 nitrogen and oxygen atoms in total. The van der Waals surface area contributed by atoms with Crippen molar-refractivity contribution in [2.75, 3.05) is 33.3 Å². The van der Waals surface area contributed by atoms with E-state index in [0.29, 0.717) is 69.7 Å². The fourth-order valence-corrected chi connectivity index (χ4v) is 8.14. The van der Waals surface area contributed by atoms with Crippen LogP contribution in [0.15, 0.2) is 158 Å². The van der Waals surface area contributed by atoms with Crippen LogP contribution in [0, 0.1) is 0 Å². The molecule has 0 saturated carbocycles. The third kappa shape index (κ3) is 42.8. The Morgan fingerprint density at radius 2 is 0.874 bits per heavy atom. The summed E-state index contributed by atoms with van der Waals surface area (Å²) in [6, 6.07) is 45.3. The molecule has 0 aliphatic carbocycles. The van der Waals surface area contributed by atoms with E-state index in [1.807, 2.05) is 30.3 Å². The van der Waals surface area contributed by atoms with Gasteiger partial charge in [0.15, 0.2) is 16.8 Å². The van der Waals surface area contributed by atoms with Crippen LogP contribution in [0.1, 0.15) is 141 Å². The monoisotopic (exact) mass is 1740 g/mol. The molecular weight excluding hydrogens is 1650 g/mol. The van der Waals surface area contributed by atoms with E-state index in [9.17, 15) is 42.7 Å². The van der Waals surface area contributed by atoms with Crippen LogP contribution in [-0.2, 0) is 65.3 Å². The zero-order valence-electron chi connectivity index (χ0n) is 62.0. The van der Waals surface area contributed by atoms with Crippen molar-refractivity contribution in [3.8, 4) is 11.5 Å². The normalized spacial score (nSPS) is 11.8. The molecule has 6 rings (SSSR count). The van der Waals surface area contributed by atoms with Crippen LogP contribution in [-0.4, -0.2) is 127 Å². The molecule has 0 bridgehead atoms. The number of aliphatic carboxylic acids is 1. The van der Waals surface area contributed by atoms with Gasteiger partial charge >= 0.3 is 174 Å². The first-order chi connectivity index (χ1) is 47.9. The maximum absolute atomic E-state index is 12.9. The number of carboxylic acid groups (broad SMARTS) is 1. The van der Waals surface area contributed by atoms with E-state index >= 15 is 0 Å². The number of halogens is 4. The van der Waals surface area contributed by atoms with Gasteiger partial charge in [-0.25, -0.2) is 28.8 Å². The first kappa shape index (κ1) is 95.2. The molecular formula is C72H88Cl3Cs2FN4O21. The summed E-state index contributed by atoms with van der Waals surface area (Å²) in [4.78, 5) is 108. The number of alkyl halides is 2. The van der Waals surface area contributed by atoms with Gasteiger partial charge in [-0.3, -0.25) is 18.8 Å². The first-order valence-electron chi connectivity index (χ1n) is 31.7. The topological polar surface area (TPSA) is 337 Å². The minimum atomic E-state index is -1.43. The standard InChI is InChI=1S/C35H41ClN2O9.C19H20ClNO4.C16H22ClNO5.CH3F.CH2O3.2Cs.H/c1-23(44-33(42)45-29(25-10-8-7-9-11-25)22-38-32(41)47-34(2,3)4)43-31(40)35(5,6)46-28-18-12-24(13-19-28)20-21-37-30(39)26-14-16-27(36)17-15-26;1-19(2,18(23)24)25-16-9-3-13(4-10-16)11-12-21-17(22)14-5-7-15(20)8-6-14;1-11(17)21-15(20)22-13(12-8-6-5-7-9-12)10-18-14(19)23-16(2,3)4;1-2;2-1-4-3;;;/h7-19,23,29H,20-22H2,1-6H3,(H,37,39)(H,38,41);3-10H,11-12H2,1-2H3,(H,21,22)(H,23,24);5-9,11,13H,10H2,1-4H3,(H,18,19);1H3;1,3H;;;/q;;;;;2*+1;-1/p-1/i;;;1D;;;;. The van der Waals surface area contributed by atoms with Gasteiger partial charge in [-0.05, 0) is 184 Å². The minimum absolute atomic E-state index is 0. The summed E-state index contributed by atoms with van der Waals surface area (Å²) in [5.41, 5.74) is -0.479. The molecule has 0 aliphatic heterocycles. The zero-order valence-corrected chi connectivity index (χ0v) is 74.8. The van der Waals surface area contributed by atoms with E-state index in [4.69, 9.17) is 94.0 Å². The summed E-state index contributed by atoms with van der Waals surface area (Å²) in [5.74, 6) is -1.25.